The number of hydrogen-bond donors (Lipinski definition) is 1. The number of amides is 1. The van der Waals surface area contributed by atoms with Gasteiger partial charge < -0.3 is 9.73 Å². The highest BCUT2D eigenvalue weighted by molar-refractivity contribution is 6.32. The molecule has 0 aromatic carbocycles. The van der Waals surface area contributed by atoms with Crippen LogP contribution < -0.4 is 5.32 Å². The molecule has 0 saturated heterocycles. The lowest BCUT2D eigenvalue weighted by molar-refractivity contribution is 0.0919. The molecule has 0 radical (unpaired) electrons. The summed E-state index contributed by atoms with van der Waals surface area (Å²) in [5.74, 6) is -0.216. The molecule has 0 aliphatic heterocycles. The summed E-state index contributed by atoms with van der Waals surface area (Å²) < 4.78 is 4.80. The monoisotopic (exact) mass is 201 g/mol. The Morgan fingerprint density at radius 3 is 2.54 bits per heavy atom. The third-order valence-electron chi connectivity index (χ3n) is 1.35. The quantitative estimate of drug-likeness (QED) is 0.759. The molecule has 13 heavy (non-hydrogen) atoms. The van der Waals surface area contributed by atoms with Gasteiger partial charge in [-0.25, -0.2) is 0 Å². The molecular formula is C9H12ClNO2. The van der Waals surface area contributed by atoms with E-state index in [9.17, 15) is 4.79 Å². The normalized spacial score (nSPS) is 11.4. The van der Waals surface area contributed by atoms with Crippen molar-refractivity contribution in [3.05, 3.63) is 23.1 Å². The standard InChI is InChI=1S/C9H12ClNO2/c1-9(2,3)11-8(12)6-4-5-13-7(6)10/h4-5H,1-3H3,(H,11,12). The van der Waals surface area contributed by atoms with E-state index >= 15 is 0 Å². The van der Waals surface area contributed by atoms with Crippen LogP contribution in [-0.2, 0) is 0 Å². The van der Waals surface area contributed by atoms with E-state index in [0.717, 1.165) is 0 Å². The summed E-state index contributed by atoms with van der Waals surface area (Å²) in [6, 6.07) is 1.55. The Morgan fingerprint density at radius 1 is 1.54 bits per heavy atom. The first-order valence-corrected chi connectivity index (χ1v) is 4.33. The van der Waals surface area contributed by atoms with Crippen molar-refractivity contribution in [1.82, 2.24) is 5.32 Å². The predicted molar refractivity (Wildman–Crippen MR) is 50.9 cm³/mol. The number of carbonyl (C=O) groups excluding carboxylic acids is 1. The van der Waals surface area contributed by atoms with Crippen LogP contribution in [0.5, 0.6) is 0 Å². The summed E-state index contributed by atoms with van der Waals surface area (Å²) in [5.41, 5.74) is 0.106. The second kappa shape index (κ2) is 3.42. The van der Waals surface area contributed by atoms with E-state index < -0.39 is 0 Å². The molecule has 1 aromatic rings. The fraction of sp³-hybridized carbons (Fsp3) is 0.444. The summed E-state index contributed by atoms with van der Waals surface area (Å²) in [5, 5.41) is 2.91. The minimum Gasteiger partial charge on any atom is -0.452 e. The smallest absolute Gasteiger partial charge is 0.256 e. The van der Waals surface area contributed by atoms with Crippen molar-refractivity contribution in [1.29, 1.82) is 0 Å². The number of carbonyl (C=O) groups is 1. The molecule has 1 amide bonds. The van der Waals surface area contributed by atoms with Crippen LogP contribution in [0.1, 0.15) is 31.1 Å². The molecule has 1 N–H and O–H groups in total. The second-order valence-electron chi connectivity index (χ2n) is 3.81. The Hall–Kier alpha value is -0.960. The van der Waals surface area contributed by atoms with Crippen LogP contribution in [0.15, 0.2) is 16.7 Å². The highest BCUT2D eigenvalue weighted by Crippen LogP contribution is 2.17. The lowest BCUT2D eigenvalue weighted by Crippen LogP contribution is -2.40. The molecule has 0 saturated carbocycles. The Morgan fingerprint density at radius 2 is 2.15 bits per heavy atom. The van der Waals surface area contributed by atoms with Gasteiger partial charge in [-0.3, -0.25) is 4.79 Å². The van der Waals surface area contributed by atoms with Crippen molar-refractivity contribution in [3.8, 4) is 0 Å². The Labute approximate surface area is 82.1 Å². The Bertz CT molecular complexity index is 312. The van der Waals surface area contributed by atoms with Gasteiger partial charge in [0.15, 0.2) is 0 Å². The molecule has 0 spiro atoms. The van der Waals surface area contributed by atoms with Gasteiger partial charge in [0.05, 0.1) is 11.8 Å². The fourth-order valence-corrected chi connectivity index (χ4v) is 1.06. The SMILES string of the molecule is CC(C)(C)NC(=O)c1ccoc1Cl. The van der Waals surface area contributed by atoms with Crippen LogP contribution in [0, 0.1) is 0 Å². The number of furan rings is 1. The van der Waals surface area contributed by atoms with Crippen molar-refractivity contribution >= 4 is 17.5 Å². The molecule has 1 aromatic heterocycles. The molecule has 3 nitrogen and oxygen atoms in total. The average Bonchev–Trinajstić information content (AvgIpc) is 2.30. The molecule has 0 bridgehead atoms. The number of nitrogens with one attached hydrogen (secondary N) is 1. The molecule has 0 unspecified atom stereocenters. The van der Waals surface area contributed by atoms with E-state index in [4.69, 9.17) is 16.0 Å². The van der Waals surface area contributed by atoms with Crippen LogP contribution in [0.3, 0.4) is 0 Å². The number of hydrogen-bond acceptors (Lipinski definition) is 2. The molecule has 0 aliphatic carbocycles. The topological polar surface area (TPSA) is 42.2 Å². The first kappa shape index (κ1) is 10.1. The largest absolute Gasteiger partial charge is 0.452 e. The van der Waals surface area contributed by atoms with E-state index in [0.29, 0.717) is 5.56 Å². The van der Waals surface area contributed by atoms with E-state index in [1.807, 2.05) is 20.8 Å². The van der Waals surface area contributed by atoms with Crippen LogP contribution in [0.2, 0.25) is 5.22 Å². The lowest BCUT2D eigenvalue weighted by Gasteiger charge is -2.19. The van der Waals surface area contributed by atoms with Gasteiger partial charge in [-0.05, 0) is 38.4 Å². The van der Waals surface area contributed by atoms with Gasteiger partial charge in [-0.15, -0.1) is 0 Å². The van der Waals surface area contributed by atoms with Crippen LogP contribution >= 0.6 is 11.6 Å². The van der Waals surface area contributed by atoms with Gasteiger partial charge in [0.2, 0.25) is 5.22 Å². The van der Waals surface area contributed by atoms with Gasteiger partial charge in [0.25, 0.3) is 5.91 Å². The summed E-state index contributed by atoms with van der Waals surface area (Å²) >= 11 is 5.64. The summed E-state index contributed by atoms with van der Waals surface area (Å²) in [6.07, 6.45) is 1.39. The molecule has 1 rings (SSSR count). The van der Waals surface area contributed by atoms with Gasteiger partial charge in [-0.2, -0.15) is 0 Å². The second-order valence-corrected chi connectivity index (χ2v) is 4.16. The minimum atomic E-state index is -0.266. The van der Waals surface area contributed by atoms with Crippen LogP contribution in [0.4, 0.5) is 0 Å². The molecule has 0 atom stereocenters. The third-order valence-corrected chi connectivity index (χ3v) is 1.64. The van der Waals surface area contributed by atoms with Gasteiger partial charge in [0.1, 0.15) is 0 Å². The fourth-order valence-electron chi connectivity index (χ4n) is 0.864. The zero-order chi connectivity index (χ0) is 10.1. The van der Waals surface area contributed by atoms with Crippen LogP contribution in [0.25, 0.3) is 0 Å². The summed E-state index contributed by atoms with van der Waals surface area (Å²) in [6.45, 7) is 5.71. The highest BCUT2D eigenvalue weighted by Gasteiger charge is 2.18. The van der Waals surface area contributed by atoms with Crippen molar-refractivity contribution in [3.63, 3.8) is 0 Å². The van der Waals surface area contributed by atoms with Crippen molar-refractivity contribution in [2.45, 2.75) is 26.3 Å². The predicted octanol–water partition coefficient (Wildman–Crippen LogP) is 2.46. The van der Waals surface area contributed by atoms with E-state index in [-0.39, 0.29) is 16.7 Å². The van der Waals surface area contributed by atoms with E-state index in [1.165, 1.54) is 6.26 Å². The van der Waals surface area contributed by atoms with Gasteiger partial charge in [0, 0.05) is 5.54 Å². The first-order chi connectivity index (χ1) is 5.90. The molecule has 1 heterocycles. The maximum Gasteiger partial charge on any atom is 0.256 e. The zero-order valence-electron chi connectivity index (χ0n) is 7.85. The first-order valence-electron chi connectivity index (χ1n) is 3.95. The Kier molecular flexibility index (Phi) is 2.66. The zero-order valence-corrected chi connectivity index (χ0v) is 8.61. The summed E-state index contributed by atoms with van der Waals surface area (Å²) in [7, 11) is 0. The minimum absolute atomic E-state index is 0.127. The van der Waals surface area contributed by atoms with Crippen molar-refractivity contribution in [2.75, 3.05) is 0 Å². The van der Waals surface area contributed by atoms with Gasteiger partial charge >= 0.3 is 0 Å². The molecular weight excluding hydrogens is 190 g/mol. The molecule has 0 fully saturated rings. The van der Waals surface area contributed by atoms with Gasteiger partial charge in [-0.1, -0.05) is 0 Å². The van der Waals surface area contributed by atoms with Crippen molar-refractivity contribution in [2.24, 2.45) is 0 Å². The van der Waals surface area contributed by atoms with Crippen LogP contribution in [-0.4, -0.2) is 11.4 Å². The summed E-state index contributed by atoms with van der Waals surface area (Å²) in [4.78, 5) is 11.5. The maximum absolute atomic E-state index is 11.5. The molecule has 0 aliphatic rings. The number of halogens is 1. The Balaban J connectivity index is 2.76. The molecule has 72 valence electrons. The highest BCUT2D eigenvalue weighted by atomic mass is 35.5. The molecule has 4 heteroatoms. The third kappa shape index (κ3) is 2.77. The lowest BCUT2D eigenvalue weighted by atomic mass is 10.1. The maximum atomic E-state index is 11.5. The van der Waals surface area contributed by atoms with E-state index in [1.54, 1.807) is 6.07 Å². The van der Waals surface area contributed by atoms with Crippen molar-refractivity contribution < 1.29 is 9.21 Å². The van der Waals surface area contributed by atoms with E-state index in [2.05, 4.69) is 5.32 Å². The number of rotatable bonds is 1. The average molecular weight is 202 g/mol.